The number of carbonyl (C=O) groups excluding carboxylic acids is 2. The summed E-state index contributed by atoms with van der Waals surface area (Å²) >= 11 is 1.57. The summed E-state index contributed by atoms with van der Waals surface area (Å²) in [6.45, 7) is 1.79. The van der Waals surface area contributed by atoms with Crippen molar-refractivity contribution in [2.75, 3.05) is 16.8 Å². The SMILES string of the molecule is CCC1Oc2ccc(-c3csc(-c4ccccc4)n3)cc2N(CC(=O)Nc2ccccc2)C1=O. The smallest absolute Gasteiger partial charge is 0.268 e. The first-order valence-electron chi connectivity index (χ1n) is 11.1. The van der Waals surface area contributed by atoms with Crippen molar-refractivity contribution in [3.05, 3.63) is 84.2 Å². The molecular formula is C27H23N3O3S. The lowest BCUT2D eigenvalue weighted by molar-refractivity contribution is -0.128. The standard InChI is InChI=1S/C27H23N3O3S/c1-2-23-27(32)30(16-25(31)28-20-11-7-4-8-12-20)22-15-19(13-14-24(22)33-23)21-17-34-26(29-21)18-9-5-3-6-10-18/h3-15,17,23H,2,16H2,1H3,(H,28,31). The third-order valence-corrected chi connectivity index (χ3v) is 6.50. The van der Waals surface area contributed by atoms with Gasteiger partial charge in [-0.05, 0) is 36.8 Å². The minimum Gasteiger partial charge on any atom is -0.478 e. The van der Waals surface area contributed by atoms with Gasteiger partial charge in [0.15, 0.2) is 6.10 Å². The number of rotatable bonds is 6. The molecule has 1 aliphatic heterocycles. The van der Waals surface area contributed by atoms with Crippen LogP contribution in [-0.4, -0.2) is 29.4 Å². The van der Waals surface area contributed by atoms with Gasteiger partial charge in [0.25, 0.3) is 5.91 Å². The molecule has 7 heteroatoms. The highest BCUT2D eigenvalue weighted by atomic mass is 32.1. The summed E-state index contributed by atoms with van der Waals surface area (Å²) in [5.41, 5.74) is 3.98. The summed E-state index contributed by atoms with van der Waals surface area (Å²) in [4.78, 5) is 32.2. The minimum absolute atomic E-state index is 0.101. The number of hydrogen-bond acceptors (Lipinski definition) is 5. The molecule has 6 nitrogen and oxygen atoms in total. The van der Waals surface area contributed by atoms with Crippen molar-refractivity contribution in [3.8, 4) is 27.6 Å². The molecule has 3 aromatic carbocycles. The molecule has 1 atom stereocenters. The lowest BCUT2D eigenvalue weighted by Crippen LogP contribution is -2.48. The molecule has 0 saturated heterocycles. The monoisotopic (exact) mass is 469 g/mol. The van der Waals surface area contributed by atoms with E-state index in [1.165, 1.54) is 4.90 Å². The molecule has 0 fully saturated rings. The van der Waals surface area contributed by atoms with Gasteiger partial charge in [0.2, 0.25) is 5.91 Å². The molecule has 34 heavy (non-hydrogen) atoms. The number of benzene rings is 3. The molecule has 4 aromatic rings. The summed E-state index contributed by atoms with van der Waals surface area (Å²) in [6.07, 6.45) is -0.101. The van der Waals surface area contributed by atoms with E-state index in [0.29, 0.717) is 23.5 Å². The largest absolute Gasteiger partial charge is 0.478 e. The fourth-order valence-corrected chi connectivity index (χ4v) is 4.73. The van der Waals surface area contributed by atoms with Gasteiger partial charge in [0, 0.05) is 22.2 Å². The number of aromatic nitrogens is 1. The van der Waals surface area contributed by atoms with Crippen molar-refractivity contribution in [1.82, 2.24) is 4.98 Å². The van der Waals surface area contributed by atoms with Crippen molar-refractivity contribution >= 4 is 34.5 Å². The van der Waals surface area contributed by atoms with Gasteiger partial charge in [-0.2, -0.15) is 0 Å². The number of nitrogens with one attached hydrogen (secondary N) is 1. The molecular weight excluding hydrogens is 446 g/mol. The predicted molar refractivity (Wildman–Crippen MR) is 135 cm³/mol. The molecule has 5 rings (SSSR count). The van der Waals surface area contributed by atoms with Gasteiger partial charge in [-0.15, -0.1) is 11.3 Å². The zero-order chi connectivity index (χ0) is 23.5. The number of carbonyl (C=O) groups is 2. The van der Waals surface area contributed by atoms with Gasteiger partial charge >= 0.3 is 0 Å². The maximum Gasteiger partial charge on any atom is 0.268 e. The molecule has 1 aromatic heterocycles. The number of para-hydroxylation sites is 1. The van der Waals surface area contributed by atoms with Crippen LogP contribution in [0.5, 0.6) is 5.75 Å². The lowest BCUT2D eigenvalue weighted by Gasteiger charge is -2.34. The zero-order valence-electron chi connectivity index (χ0n) is 18.6. The van der Waals surface area contributed by atoms with Crippen molar-refractivity contribution in [2.24, 2.45) is 0 Å². The van der Waals surface area contributed by atoms with Crippen LogP contribution in [0.15, 0.2) is 84.2 Å². The number of ether oxygens (including phenoxy) is 1. The summed E-state index contributed by atoms with van der Waals surface area (Å²) in [7, 11) is 0. The van der Waals surface area contributed by atoms with E-state index < -0.39 is 6.10 Å². The topological polar surface area (TPSA) is 71.5 Å². The number of fused-ring (bicyclic) bond motifs is 1. The van der Waals surface area contributed by atoms with Crippen molar-refractivity contribution < 1.29 is 14.3 Å². The Morgan fingerprint density at radius 2 is 1.76 bits per heavy atom. The van der Waals surface area contributed by atoms with Gasteiger partial charge < -0.3 is 10.1 Å². The van der Waals surface area contributed by atoms with Crippen molar-refractivity contribution in [1.29, 1.82) is 0 Å². The lowest BCUT2D eigenvalue weighted by atomic mass is 10.1. The van der Waals surface area contributed by atoms with E-state index in [1.807, 2.05) is 91.2 Å². The van der Waals surface area contributed by atoms with E-state index in [-0.39, 0.29) is 18.4 Å². The highest BCUT2D eigenvalue weighted by molar-refractivity contribution is 7.13. The molecule has 1 unspecified atom stereocenters. The van der Waals surface area contributed by atoms with Crippen LogP contribution in [0.25, 0.3) is 21.8 Å². The summed E-state index contributed by atoms with van der Waals surface area (Å²) in [5.74, 6) is 0.0903. The fourth-order valence-electron chi connectivity index (χ4n) is 3.89. The van der Waals surface area contributed by atoms with Gasteiger partial charge in [-0.25, -0.2) is 4.98 Å². The van der Waals surface area contributed by atoms with E-state index in [1.54, 1.807) is 11.3 Å². The summed E-state index contributed by atoms with van der Waals surface area (Å²) < 4.78 is 5.95. The second-order valence-corrected chi connectivity index (χ2v) is 8.80. The Bertz CT molecular complexity index is 1320. The van der Waals surface area contributed by atoms with Crippen LogP contribution in [0.2, 0.25) is 0 Å². The van der Waals surface area contributed by atoms with Crippen LogP contribution in [0, 0.1) is 0 Å². The maximum atomic E-state index is 13.2. The summed E-state index contributed by atoms with van der Waals surface area (Å²) in [6, 6.07) is 24.9. The highest BCUT2D eigenvalue weighted by Gasteiger charge is 2.34. The Labute approximate surface area is 201 Å². The first kappa shape index (κ1) is 21.9. The van der Waals surface area contributed by atoms with E-state index in [4.69, 9.17) is 9.72 Å². The first-order chi connectivity index (χ1) is 16.6. The predicted octanol–water partition coefficient (Wildman–Crippen LogP) is 5.62. The molecule has 0 radical (unpaired) electrons. The molecule has 0 aliphatic carbocycles. The quantitative estimate of drug-likeness (QED) is 0.398. The molecule has 0 spiro atoms. The third-order valence-electron chi connectivity index (χ3n) is 5.61. The summed E-state index contributed by atoms with van der Waals surface area (Å²) in [5, 5.41) is 5.78. The Morgan fingerprint density at radius 3 is 2.50 bits per heavy atom. The Hall–Kier alpha value is -3.97. The molecule has 1 aliphatic rings. The van der Waals surface area contributed by atoms with Crippen LogP contribution < -0.4 is 15.0 Å². The molecule has 0 bridgehead atoms. The van der Waals surface area contributed by atoms with Crippen LogP contribution in [-0.2, 0) is 9.59 Å². The van der Waals surface area contributed by atoms with Crippen LogP contribution in [0.4, 0.5) is 11.4 Å². The van der Waals surface area contributed by atoms with E-state index in [2.05, 4.69) is 5.32 Å². The van der Waals surface area contributed by atoms with Crippen LogP contribution >= 0.6 is 11.3 Å². The second-order valence-electron chi connectivity index (χ2n) is 7.94. The number of anilines is 2. The number of hydrogen-bond donors (Lipinski definition) is 1. The molecule has 2 heterocycles. The average molecular weight is 470 g/mol. The second kappa shape index (κ2) is 9.49. The molecule has 1 N–H and O–H groups in total. The zero-order valence-corrected chi connectivity index (χ0v) is 19.4. The van der Waals surface area contributed by atoms with Gasteiger partial charge in [-0.3, -0.25) is 14.5 Å². The van der Waals surface area contributed by atoms with E-state index >= 15 is 0 Å². The average Bonchev–Trinajstić information content (AvgIpc) is 3.37. The number of amides is 2. The van der Waals surface area contributed by atoms with Gasteiger partial charge in [-0.1, -0.05) is 55.5 Å². The van der Waals surface area contributed by atoms with E-state index in [9.17, 15) is 9.59 Å². The maximum absolute atomic E-state index is 13.2. The first-order valence-corrected chi connectivity index (χ1v) is 12.0. The fraction of sp³-hybridized carbons (Fsp3) is 0.148. The third kappa shape index (κ3) is 4.43. The minimum atomic E-state index is -0.619. The van der Waals surface area contributed by atoms with Crippen molar-refractivity contribution in [2.45, 2.75) is 19.4 Å². The Balaban J connectivity index is 1.45. The normalized spacial score (nSPS) is 14.9. The molecule has 2 amide bonds. The van der Waals surface area contributed by atoms with Crippen LogP contribution in [0.3, 0.4) is 0 Å². The molecule has 0 saturated carbocycles. The van der Waals surface area contributed by atoms with Gasteiger partial charge in [0.1, 0.15) is 17.3 Å². The Kier molecular flexibility index (Phi) is 6.10. The van der Waals surface area contributed by atoms with Gasteiger partial charge in [0.05, 0.1) is 11.4 Å². The van der Waals surface area contributed by atoms with Crippen molar-refractivity contribution in [3.63, 3.8) is 0 Å². The number of thiazole rings is 1. The Morgan fingerprint density at radius 1 is 1.03 bits per heavy atom. The van der Waals surface area contributed by atoms with Crippen LogP contribution in [0.1, 0.15) is 13.3 Å². The molecule has 170 valence electrons. The number of nitrogens with zero attached hydrogens (tertiary/aromatic N) is 2. The highest BCUT2D eigenvalue weighted by Crippen LogP contribution is 2.39. The van der Waals surface area contributed by atoms with E-state index in [0.717, 1.165) is 21.8 Å².